The van der Waals surface area contributed by atoms with Crippen molar-refractivity contribution in [1.82, 2.24) is 10.6 Å². The van der Waals surface area contributed by atoms with Crippen LogP contribution in [-0.2, 0) is 14.3 Å². The Morgan fingerprint density at radius 2 is 1.46 bits per heavy atom. The third-order valence-corrected chi connectivity index (χ3v) is 6.43. The van der Waals surface area contributed by atoms with Crippen molar-refractivity contribution < 1.29 is 24.2 Å². The number of hydrogen-bond donors (Lipinski definition) is 3. The van der Waals surface area contributed by atoms with E-state index in [-0.39, 0.29) is 37.3 Å². The fraction of sp³-hybridized carbons (Fsp3) is 0.464. The lowest BCUT2D eigenvalue weighted by Crippen LogP contribution is -2.43. The first-order chi connectivity index (χ1) is 16.9. The predicted molar refractivity (Wildman–Crippen MR) is 135 cm³/mol. The summed E-state index contributed by atoms with van der Waals surface area (Å²) in [6, 6.07) is 15.5. The van der Waals surface area contributed by atoms with Crippen molar-refractivity contribution in [3.63, 3.8) is 0 Å². The van der Waals surface area contributed by atoms with Crippen LogP contribution in [0.4, 0.5) is 4.79 Å². The number of benzene rings is 2. The molecule has 35 heavy (non-hydrogen) atoms. The molecule has 3 rings (SSSR count). The van der Waals surface area contributed by atoms with Crippen LogP contribution in [0.2, 0.25) is 0 Å². The van der Waals surface area contributed by atoms with Crippen molar-refractivity contribution >= 4 is 18.0 Å². The van der Waals surface area contributed by atoms with E-state index in [0.29, 0.717) is 12.8 Å². The predicted octanol–water partition coefficient (Wildman–Crippen LogP) is 5.23. The van der Waals surface area contributed by atoms with Crippen LogP contribution >= 0.6 is 0 Å². The summed E-state index contributed by atoms with van der Waals surface area (Å²) < 4.78 is 5.64. The van der Waals surface area contributed by atoms with Crippen molar-refractivity contribution in [2.24, 2.45) is 0 Å². The number of carbonyl (C=O) groups excluding carboxylic acids is 2. The highest BCUT2D eigenvalue weighted by atomic mass is 16.5. The molecular formula is C28H36N2O5. The molecule has 2 atom stereocenters. The zero-order valence-electron chi connectivity index (χ0n) is 20.6. The fourth-order valence-corrected chi connectivity index (χ4v) is 4.78. The largest absolute Gasteiger partial charge is 0.481 e. The molecular weight excluding hydrogens is 444 g/mol. The number of hydrogen-bond acceptors (Lipinski definition) is 4. The van der Waals surface area contributed by atoms with Gasteiger partial charge in [-0.3, -0.25) is 9.59 Å². The number of aliphatic carboxylic acids is 1. The summed E-state index contributed by atoms with van der Waals surface area (Å²) >= 11 is 0. The number of carbonyl (C=O) groups is 3. The Morgan fingerprint density at radius 3 is 2.03 bits per heavy atom. The van der Waals surface area contributed by atoms with E-state index >= 15 is 0 Å². The minimum Gasteiger partial charge on any atom is -0.481 e. The van der Waals surface area contributed by atoms with Gasteiger partial charge in [0, 0.05) is 24.4 Å². The van der Waals surface area contributed by atoms with Crippen LogP contribution in [0.1, 0.15) is 75.8 Å². The molecule has 0 aromatic heterocycles. The van der Waals surface area contributed by atoms with E-state index in [1.165, 1.54) is 0 Å². The van der Waals surface area contributed by atoms with E-state index in [1.807, 2.05) is 31.2 Å². The maximum Gasteiger partial charge on any atom is 0.407 e. The molecule has 188 valence electrons. The number of fused-ring (bicyclic) bond motifs is 3. The Kier molecular flexibility index (Phi) is 9.70. The van der Waals surface area contributed by atoms with E-state index in [4.69, 9.17) is 9.84 Å². The van der Waals surface area contributed by atoms with Gasteiger partial charge in [0.25, 0.3) is 0 Å². The van der Waals surface area contributed by atoms with Crippen LogP contribution in [0.25, 0.3) is 11.1 Å². The second-order valence-electron chi connectivity index (χ2n) is 9.16. The van der Waals surface area contributed by atoms with Crippen molar-refractivity contribution in [2.45, 2.75) is 76.8 Å². The summed E-state index contributed by atoms with van der Waals surface area (Å²) in [4.78, 5) is 36.4. The average molecular weight is 481 g/mol. The summed E-state index contributed by atoms with van der Waals surface area (Å²) in [7, 11) is 0. The molecule has 2 amide bonds. The monoisotopic (exact) mass is 480 g/mol. The maximum absolute atomic E-state index is 12.7. The molecule has 2 aromatic rings. The van der Waals surface area contributed by atoms with Gasteiger partial charge in [-0.1, -0.05) is 81.6 Å². The number of nitrogens with one attached hydrogen (secondary N) is 2. The minimum absolute atomic E-state index is 0.0311. The van der Waals surface area contributed by atoms with E-state index in [1.54, 1.807) is 0 Å². The third kappa shape index (κ3) is 7.31. The first-order valence-electron chi connectivity index (χ1n) is 12.6. The lowest BCUT2D eigenvalue weighted by molar-refractivity contribution is -0.137. The van der Waals surface area contributed by atoms with E-state index in [9.17, 15) is 14.4 Å². The number of amides is 2. The van der Waals surface area contributed by atoms with Crippen LogP contribution in [0.5, 0.6) is 0 Å². The lowest BCUT2D eigenvalue weighted by atomic mass is 9.98. The Balaban J connectivity index is 1.59. The van der Waals surface area contributed by atoms with Crippen molar-refractivity contribution in [2.75, 3.05) is 6.61 Å². The van der Waals surface area contributed by atoms with Gasteiger partial charge in [-0.15, -0.1) is 0 Å². The molecule has 0 bridgehead atoms. The molecule has 2 unspecified atom stereocenters. The number of carboxylic acids is 1. The number of rotatable bonds is 13. The van der Waals surface area contributed by atoms with Crippen LogP contribution < -0.4 is 10.6 Å². The number of carboxylic acid groups (broad SMARTS) is 1. The Hall–Kier alpha value is -3.35. The van der Waals surface area contributed by atoms with Crippen molar-refractivity contribution in [3.05, 3.63) is 59.7 Å². The normalized spacial score (nSPS) is 13.9. The smallest absolute Gasteiger partial charge is 0.407 e. The van der Waals surface area contributed by atoms with Gasteiger partial charge < -0.3 is 20.5 Å². The molecule has 7 heteroatoms. The van der Waals surface area contributed by atoms with Crippen LogP contribution in [0.3, 0.4) is 0 Å². The number of alkyl carbamates (subject to hydrolysis) is 1. The molecule has 0 radical (unpaired) electrons. The molecule has 0 saturated carbocycles. The Morgan fingerprint density at radius 1 is 0.857 bits per heavy atom. The first-order valence-corrected chi connectivity index (χ1v) is 12.6. The molecule has 2 aromatic carbocycles. The first kappa shape index (κ1) is 26.3. The van der Waals surface area contributed by atoms with Gasteiger partial charge in [0.15, 0.2) is 0 Å². The lowest BCUT2D eigenvalue weighted by Gasteiger charge is -2.21. The van der Waals surface area contributed by atoms with E-state index in [0.717, 1.165) is 41.5 Å². The molecule has 3 N–H and O–H groups in total. The second kappa shape index (κ2) is 12.9. The zero-order chi connectivity index (χ0) is 25.2. The number of ether oxygens (including phenoxy) is 1. The zero-order valence-corrected chi connectivity index (χ0v) is 20.6. The molecule has 0 saturated heterocycles. The molecule has 1 aliphatic carbocycles. The topological polar surface area (TPSA) is 105 Å². The fourth-order valence-electron chi connectivity index (χ4n) is 4.78. The van der Waals surface area contributed by atoms with Gasteiger partial charge in [-0.25, -0.2) is 4.79 Å². The van der Waals surface area contributed by atoms with E-state index in [2.05, 4.69) is 41.8 Å². The van der Waals surface area contributed by atoms with Gasteiger partial charge in [-0.2, -0.15) is 0 Å². The Bertz CT molecular complexity index is 976. The minimum atomic E-state index is -0.942. The molecule has 7 nitrogen and oxygen atoms in total. The van der Waals surface area contributed by atoms with Crippen LogP contribution in [0, 0.1) is 0 Å². The Labute approximate surface area is 207 Å². The van der Waals surface area contributed by atoms with Gasteiger partial charge in [-0.05, 0) is 35.1 Å². The summed E-state index contributed by atoms with van der Waals surface area (Å²) in [5, 5.41) is 14.8. The molecule has 0 aliphatic heterocycles. The quantitative estimate of drug-likeness (QED) is 0.364. The van der Waals surface area contributed by atoms with E-state index < -0.39 is 18.1 Å². The van der Waals surface area contributed by atoms with Gasteiger partial charge in [0.1, 0.15) is 6.61 Å². The van der Waals surface area contributed by atoms with Gasteiger partial charge in [0.2, 0.25) is 5.91 Å². The highest BCUT2D eigenvalue weighted by Gasteiger charge is 2.29. The highest BCUT2D eigenvalue weighted by Crippen LogP contribution is 2.44. The highest BCUT2D eigenvalue weighted by molar-refractivity contribution is 5.80. The van der Waals surface area contributed by atoms with Crippen LogP contribution in [0.15, 0.2) is 48.5 Å². The van der Waals surface area contributed by atoms with Crippen LogP contribution in [-0.4, -0.2) is 41.8 Å². The summed E-state index contributed by atoms with van der Waals surface area (Å²) in [6.07, 6.45) is 3.23. The van der Waals surface area contributed by atoms with Crippen molar-refractivity contribution in [3.8, 4) is 11.1 Å². The summed E-state index contributed by atoms with van der Waals surface area (Å²) in [5.41, 5.74) is 4.61. The second-order valence-corrected chi connectivity index (χ2v) is 9.16. The van der Waals surface area contributed by atoms with Gasteiger partial charge >= 0.3 is 12.1 Å². The maximum atomic E-state index is 12.7. The molecule has 0 fully saturated rings. The summed E-state index contributed by atoms with van der Waals surface area (Å²) in [6.45, 7) is 4.21. The average Bonchev–Trinajstić information content (AvgIpc) is 3.14. The molecule has 0 spiro atoms. The molecule has 1 aliphatic rings. The third-order valence-electron chi connectivity index (χ3n) is 6.43. The SMILES string of the molecule is CCCCC(CC(=O)NC(CCC)CC(=O)O)NC(=O)OCC1c2ccccc2-c2ccccc21. The number of unbranched alkanes of at least 4 members (excludes halogenated alkanes) is 1. The molecule has 0 heterocycles. The van der Waals surface area contributed by atoms with Crippen molar-refractivity contribution in [1.29, 1.82) is 0 Å². The van der Waals surface area contributed by atoms with Gasteiger partial charge in [0.05, 0.1) is 6.42 Å². The summed E-state index contributed by atoms with van der Waals surface area (Å²) in [5.74, 6) is -1.23. The standard InChI is InChI=1S/C28H36N2O5/c1-3-5-11-20(16-26(31)29-19(10-4-2)17-27(32)33)30-28(34)35-18-25-23-14-8-6-12-21(23)22-13-7-9-15-24(22)25/h6-9,12-15,19-20,25H,3-5,10-11,16-18H2,1-2H3,(H,29,31)(H,30,34)(H,32,33).